The minimum absolute atomic E-state index is 0.219. The zero-order chi connectivity index (χ0) is 45.0. The van der Waals surface area contributed by atoms with Crippen LogP contribution < -0.4 is 5.32 Å². The Balaban J connectivity index is 2.45. The molecule has 0 heterocycles. The summed E-state index contributed by atoms with van der Waals surface area (Å²) in [5.74, 6) is -0.337. The lowest BCUT2D eigenvalue weighted by atomic mass is 9.85. The van der Waals surface area contributed by atoms with Crippen LogP contribution in [0.2, 0.25) is 0 Å². The zero-order valence-corrected chi connectivity index (χ0v) is 39.6. The van der Waals surface area contributed by atoms with Gasteiger partial charge in [0.25, 0.3) is 0 Å². The maximum atomic E-state index is 13.0. The molecule has 0 aromatic carbocycles. The number of hydrogen-bond donors (Lipinski definition) is 8. The highest BCUT2D eigenvalue weighted by Crippen LogP contribution is 2.47. The molecule has 1 fully saturated rings. The summed E-state index contributed by atoms with van der Waals surface area (Å²) in [4.78, 5) is 23.4. The number of aliphatic hydroxyl groups excluding tert-OH is 6. The first kappa shape index (κ1) is 58.1. The van der Waals surface area contributed by atoms with Gasteiger partial charge in [0.15, 0.2) is 0 Å². The third-order valence-electron chi connectivity index (χ3n) is 12.3. The van der Waals surface area contributed by atoms with Crippen molar-refractivity contribution in [2.45, 2.75) is 281 Å². The van der Waals surface area contributed by atoms with E-state index in [9.17, 15) is 44.9 Å². The Morgan fingerprint density at radius 3 is 1.25 bits per heavy atom. The molecule has 0 radical (unpaired) electrons. The van der Waals surface area contributed by atoms with Gasteiger partial charge in [0, 0.05) is 6.42 Å². The van der Waals surface area contributed by atoms with E-state index in [1.807, 2.05) is 6.08 Å². The average Bonchev–Trinajstić information content (AvgIpc) is 3.24. The predicted octanol–water partition coefficient (Wildman–Crippen LogP) is 10.0. The van der Waals surface area contributed by atoms with E-state index >= 15 is 0 Å². The fourth-order valence-electron chi connectivity index (χ4n) is 8.20. The Hall–Kier alpha value is -0.920. The molecule has 1 aliphatic rings. The van der Waals surface area contributed by atoms with Crippen LogP contribution in [0.15, 0.2) is 12.2 Å². The van der Waals surface area contributed by atoms with Crippen LogP contribution in [-0.4, -0.2) is 96.8 Å². The molecule has 1 amide bonds. The van der Waals surface area contributed by atoms with Crippen molar-refractivity contribution >= 4 is 13.7 Å². The van der Waals surface area contributed by atoms with Crippen molar-refractivity contribution in [3.63, 3.8) is 0 Å². The van der Waals surface area contributed by atoms with Crippen LogP contribution in [0.3, 0.4) is 0 Å². The summed E-state index contributed by atoms with van der Waals surface area (Å²) in [5.41, 5.74) is 0. The molecule has 0 bridgehead atoms. The van der Waals surface area contributed by atoms with Gasteiger partial charge < -0.3 is 40.8 Å². The van der Waals surface area contributed by atoms with Crippen molar-refractivity contribution < 1.29 is 53.9 Å². The van der Waals surface area contributed by atoms with Crippen molar-refractivity contribution in [1.82, 2.24) is 5.32 Å². The standard InChI is InChI=1S/C48H94NO11P/c1-3-5-7-9-11-13-15-17-19-21-23-25-27-29-31-33-35-37-41(50)40(39-59-61(57,58)60-48-46(55)44(53)43(52)45(54)47(48)56)49-42(51)38-36-34-32-30-28-26-24-22-20-18-16-14-12-10-8-6-4-2/h35,37,40-41,43-48,50,52-56H,3-34,36,38-39H2,1-2H3,(H,49,51)(H,57,58)/b37-35+/t40-,41+,43?,44+,45?,46?,47?,48?/m0/s1. The molecular formula is C48H94NO11P. The number of aliphatic hydroxyl groups is 6. The first-order valence-electron chi connectivity index (χ1n) is 25.1. The summed E-state index contributed by atoms with van der Waals surface area (Å²) in [6.07, 6.45) is 31.3. The van der Waals surface area contributed by atoms with Crippen LogP contribution in [0.1, 0.15) is 232 Å². The lowest BCUT2D eigenvalue weighted by Crippen LogP contribution is -2.64. The molecule has 12 nitrogen and oxygen atoms in total. The van der Waals surface area contributed by atoms with Crippen LogP contribution in [0.5, 0.6) is 0 Å². The molecule has 0 aromatic heterocycles. The first-order chi connectivity index (χ1) is 29.4. The van der Waals surface area contributed by atoms with Crippen molar-refractivity contribution in [2.24, 2.45) is 0 Å². The molecule has 0 saturated heterocycles. The Morgan fingerprint density at radius 1 is 0.541 bits per heavy atom. The van der Waals surface area contributed by atoms with Gasteiger partial charge in [-0.3, -0.25) is 13.8 Å². The third-order valence-corrected chi connectivity index (χ3v) is 13.3. The van der Waals surface area contributed by atoms with E-state index in [1.54, 1.807) is 6.08 Å². The summed E-state index contributed by atoms with van der Waals surface area (Å²) in [6.45, 7) is 3.87. The zero-order valence-electron chi connectivity index (χ0n) is 38.7. The second-order valence-corrected chi connectivity index (χ2v) is 19.4. The normalized spacial score (nSPS) is 22.7. The van der Waals surface area contributed by atoms with Gasteiger partial charge in [0.1, 0.15) is 36.6 Å². The van der Waals surface area contributed by atoms with E-state index in [1.165, 1.54) is 161 Å². The van der Waals surface area contributed by atoms with Crippen LogP contribution >= 0.6 is 7.82 Å². The summed E-state index contributed by atoms with van der Waals surface area (Å²) in [6, 6.07) is -1.11. The van der Waals surface area contributed by atoms with Crippen molar-refractivity contribution in [2.75, 3.05) is 6.61 Å². The monoisotopic (exact) mass is 892 g/mol. The smallest absolute Gasteiger partial charge is 0.387 e. The Morgan fingerprint density at radius 2 is 0.869 bits per heavy atom. The van der Waals surface area contributed by atoms with Crippen molar-refractivity contribution in [3.05, 3.63) is 12.2 Å². The van der Waals surface area contributed by atoms with Gasteiger partial charge in [0.05, 0.1) is 18.8 Å². The molecular weight excluding hydrogens is 797 g/mol. The van der Waals surface area contributed by atoms with Gasteiger partial charge in [-0.05, 0) is 19.3 Å². The fourth-order valence-corrected chi connectivity index (χ4v) is 9.17. The Kier molecular flexibility index (Phi) is 36.5. The number of unbranched alkanes of at least 4 members (excludes halogenated alkanes) is 31. The molecule has 1 aliphatic carbocycles. The molecule has 362 valence electrons. The molecule has 8 N–H and O–H groups in total. The van der Waals surface area contributed by atoms with E-state index < -0.39 is 63.2 Å². The van der Waals surface area contributed by atoms with Crippen LogP contribution in [0.4, 0.5) is 0 Å². The van der Waals surface area contributed by atoms with Gasteiger partial charge in [-0.1, -0.05) is 219 Å². The number of carbonyl (C=O) groups excluding carboxylic acids is 1. The van der Waals surface area contributed by atoms with E-state index in [4.69, 9.17) is 9.05 Å². The Labute approximate surface area is 371 Å². The molecule has 0 spiro atoms. The van der Waals surface area contributed by atoms with Gasteiger partial charge in [0.2, 0.25) is 5.91 Å². The molecule has 0 aliphatic heterocycles. The first-order valence-corrected chi connectivity index (χ1v) is 26.6. The topological polar surface area (TPSA) is 206 Å². The van der Waals surface area contributed by atoms with E-state index in [0.29, 0.717) is 6.42 Å². The van der Waals surface area contributed by atoms with Crippen LogP contribution in [0.25, 0.3) is 0 Å². The maximum absolute atomic E-state index is 13.0. The molecule has 0 aromatic rings. The van der Waals surface area contributed by atoms with Gasteiger partial charge in [-0.25, -0.2) is 4.57 Å². The summed E-state index contributed by atoms with van der Waals surface area (Å²) >= 11 is 0. The second kappa shape index (κ2) is 38.4. The quantitative estimate of drug-likeness (QED) is 0.0164. The van der Waals surface area contributed by atoms with E-state index in [-0.39, 0.29) is 12.3 Å². The summed E-state index contributed by atoms with van der Waals surface area (Å²) < 4.78 is 23.0. The average molecular weight is 892 g/mol. The predicted molar refractivity (Wildman–Crippen MR) is 246 cm³/mol. The summed E-state index contributed by atoms with van der Waals surface area (Å²) in [5, 5.41) is 64.1. The number of phosphoric acid groups is 1. The lowest BCUT2D eigenvalue weighted by Gasteiger charge is -2.41. The van der Waals surface area contributed by atoms with Crippen LogP contribution in [0, 0.1) is 0 Å². The fraction of sp³-hybridized carbons (Fsp3) is 0.938. The molecule has 1 saturated carbocycles. The minimum Gasteiger partial charge on any atom is -0.387 e. The number of allylic oxidation sites excluding steroid dienone is 1. The maximum Gasteiger partial charge on any atom is 0.472 e. The molecule has 13 heteroatoms. The van der Waals surface area contributed by atoms with Crippen molar-refractivity contribution in [3.8, 4) is 0 Å². The van der Waals surface area contributed by atoms with Gasteiger partial charge in [-0.2, -0.15) is 0 Å². The largest absolute Gasteiger partial charge is 0.472 e. The highest BCUT2D eigenvalue weighted by Gasteiger charge is 2.51. The molecule has 61 heavy (non-hydrogen) atoms. The highest BCUT2D eigenvalue weighted by atomic mass is 31.2. The number of amides is 1. The number of hydrogen-bond acceptors (Lipinski definition) is 10. The Bertz CT molecular complexity index is 1080. The van der Waals surface area contributed by atoms with E-state index in [2.05, 4.69) is 19.2 Å². The molecule has 1 rings (SSSR count). The molecule has 6 unspecified atom stereocenters. The van der Waals surface area contributed by atoms with E-state index in [0.717, 1.165) is 44.9 Å². The van der Waals surface area contributed by atoms with Gasteiger partial charge >= 0.3 is 7.82 Å². The minimum atomic E-state index is -5.08. The summed E-state index contributed by atoms with van der Waals surface area (Å²) in [7, 11) is -5.08. The second-order valence-electron chi connectivity index (χ2n) is 18.0. The molecule has 9 atom stereocenters. The lowest BCUT2D eigenvalue weighted by molar-refractivity contribution is -0.220. The van der Waals surface area contributed by atoms with Crippen molar-refractivity contribution in [1.29, 1.82) is 0 Å². The van der Waals surface area contributed by atoms with Crippen LogP contribution in [-0.2, 0) is 18.4 Å². The third kappa shape index (κ3) is 30.0. The van der Waals surface area contributed by atoms with Gasteiger partial charge in [-0.15, -0.1) is 0 Å². The SMILES string of the molecule is CCCCCCCCCCCCCCCCC/C=C/[C@@H](O)[C@H](COP(=O)(O)OC1C(O)C(O)C(O)[C@@H](O)C1O)NC(=O)CCCCCCCCCCCCCCCCCCC. The number of carbonyl (C=O) groups is 1. The highest BCUT2D eigenvalue weighted by molar-refractivity contribution is 7.47. The number of nitrogens with one attached hydrogen (secondary N) is 1. The number of rotatable bonds is 42. The number of phosphoric ester groups is 1.